The molecule has 122 valence electrons. The van der Waals surface area contributed by atoms with Crippen molar-refractivity contribution in [3.05, 3.63) is 28.6 Å². The Kier molecular flexibility index (Phi) is 3.50. The lowest BCUT2D eigenvalue weighted by Gasteiger charge is -2.05. The van der Waals surface area contributed by atoms with Crippen molar-refractivity contribution >= 4 is 29.1 Å². The lowest BCUT2D eigenvalue weighted by Crippen LogP contribution is -2.19. The topological polar surface area (TPSA) is 111 Å². The maximum Gasteiger partial charge on any atom is 0.327 e. The summed E-state index contributed by atoms with van der Waals surface area (Å²) in [5.41, 5.74) is 1.13. The normalized spacial score (nSPS) is 12.2. The Balaban J connectivity index is 1.42. The van der Waals surface area contributed by atoms with Gasteiger partial charge in [0.05, 0.1) is 5.01 Å². The van der Waals surface area contributed by atoms with Crippen LogP contribution in [0.15, 0.2) is 28.0 Å². The monoisotopic (exact) mass is 345 g/mol. The number of aromatic nitrogens is 3. The molecule has 0 atom stereocenters. The van der Waals surface area contributed by atoms with E-state index in [2.05, 4.69) is 25.8 Å². The van der Waals surface area contributed by atoms with Gasteiger partial charge in [-0.25, -0.2) is 9.78 Å². The molecule has 3 aromatic rings. The molecule has 1 aromatic carbocycles. The van der Waals surface area contributed by atoms with Crippen LogP contribution in [-0.4, -0.2) is 28.0 Å². The lowest BCUT2D eigenvalue weighted by molar-refractivity contribution is 0.174. The number of fused-ring (bicyclic) bond motifs is 1. The molecule has 0 fully saturated rings. The molecule has 0 spiro atoms. The van der Waals surface area contributed by atoms with Crippen molar-refractivity contribution < 1.29 is 18.7 Å². The molecule has 10 heteroatoms. The third kappa shape index (κ3) is 2.86. The van der Waals surface area contributed by atoms with Gasteiger partial charge in [0.2, 0.25) is 6.79 Å². The highest BCUT2D eigenvalue weighted by molar-refractivity contribution is 7.09. The van der Waals surface area contributed by atoms with Crippen LogP contribution in [0.1, 0.15) is 5.01 Å². The molecule has 1 aliphatic heterocycles. The number of anilines is 2. The van der Waals surface area contributed by atoms with Gasteiger partial charge in [-0.15, -0.1) is 16.4 Å². The van der Waals surface area contributed by atoms with E-state index < -0.39 is 6.03 Å². The van der Waals surface area contributed by atoms with E-state index in [0.29, 0.717) is 22.9 Å². The molecule has 1 aliphatic rings. The van der Waals surface area contributed by atoms with Crippen LogP contribution in [0.4, 0.5) is 16.5 Å². The number of urea groups is 1. The Morgan fingerprint density at radius 3 is 2.92 bits per heavy atom. The van der Waals surface area contributed by atoms with E-state index in [9.17, 15) is 4.79 Å². The summed E-state index contributed by atoms with van der Waals surface area (Å²) in [5, 5.41) is 15.4. The summed E-state index contributed by atoms with van der Waals surface area (Å²) < 4.78 is 15.8. The zero-order valence-corrected chi connectivity index (χ0v) is 13.2. The molecule has 24 heavy (non-hydrogen) atoms. The second-order valence-electron chi connectivity index (χ2n) is 4.81. The van der Waals surface area contributed by atoms with Crippen molar-refractivity contribution in [1.82, 2.24) is 15.2 Å². The molecule has 2 N–H and O–H groups in total. The molecule has 2 amide bonds. The Bertz CT molecular complexity index is 906. The number of nitrogens with one attached hydrogen (secondary N) is 2. The van der Waals surface area contributed by atoms with Gasteiger partial charge in [0.25, 0.3) is 5.89 Å². The highest BCUT2D eigenvalue weighted by atomic mass is 32.1. The van der Waals surface area contributed by atoms with Gasteiger partial charge in [-0.3, -0.25) is 5.32 Å². The molecule has 0 unspecified atom stereocenters. The first-order valence-corrected chi connectivity index (χ1v) is 7.79. The van der Waals surface area contributed by atoms with Crippen LogP contribution in [0.2, 0.25) is 0 Å². The fraction of sp³-hybridized carbons (Fsp3) is 0.143. The van der Waals surface area contributed by atoms with Gasteiger partial charge in [-0.2, -0.15) is 0 Å². The summed E-state index contributed by atoms with van der Waals surface area (Å²) in [4.78, 5) is 16.2. The predicted octanol–water partition coefficient (Wildman–Crippen LogP) is 2.87. The fourth-order valence-corrected chi connectivity index (χ4v) is 2.66. The first-order chi connectivity index (χ1) is 11.7. The quantitative estimate of drug-likeness (QED) is 0.750. The summed E-state index contributed by atoms with van der Waals surface area (Å²) in [6.45, 7) is 2.05. The highest BCUT2D eigenvalue weighted by Crippen LogP contribution is 2.34. The molecular formula is C14H11N5O4S. The van der Waals surface area contributed by atoms with E-state index in [-0.39, 0.29) is 18.7 Å². The van der Waals surface area contributed by atoms with Gasteiger partial charge < -0.3 is 19.2 Å². The third-order valence-electron chi connectivity index (χ3n) is 3.11. The largest absolute Gasteiger partial charge is 0.454 e. The summed E-state index contributed by atoms with van der Waals surface area (Å²) in [6, 6.07) is 4.55. The number of benzene rings is 1. The lowest BCUT2D eigenvalue weighted by atomic mass is 10.3. The molecule has 4 rings (SSSR count). The van der Waals surface area contributed by atoms with Gasteiger partial charge in [-0.1, -0.05) is 5.10 Å². The van der Waals surface area contributed by atoms with E-state index in [4.69, 9.17) is 13.9 Å². The van der Waals surface area contributed by atoms with E-state index in [1.54, 1.807) is 23.6 Å². The van der Waals surface area contributed by atoms with Gasteiger partial charge in [0.15, 0.2) is 11.5 Å². The summed E-state index contributed by atoms with van der Waals surface area (Å²) in [5.74, 6) is 1.46. The number of aryl methyl sites for hydroxylation is 1. The average Bonchev–Trinajstić information content (AvgIpc) is 3.27. The van der Waals surface area contributed by atoms with Crippen LogP contribution in [0.3, 0.4) is 0 Å². The van der Waals surface area contributed by atoms with Crippen molar-refractivity contribution in [2.24, 2.45) is 0 Å². The number of hydrogen-bond acceptors (Lipinski definition) is 8. The van der Waals surface area contributed by atoms with Crippen molar-refractivity contribution in [3.63, 3.8) is 0 Å². The number of rotatable bonds is 3. The minimum absolute atomic E-state index is 0.0195. The van der Waals surface area contributed by atoms with E-state index in [1.807, 2.05) is 6.92 Å². The van der Waals surface area contributed by atoms with E-state index >= 15 is 0 Å². The van der Waals surface area contributed by atoms with Crippen molar-refractivity contribution in [2.45, 2.75) is 6.92 Å². The predicted molar refractivity (Wildman–Crippen MR) is 85.3 cm³/mol. The van der Waals surface area contributed by atoms with Crippen LogP contribution in [0, 0.1) is 6.92 Å². The molecule has 0 radical (unpaired) electrons. The first kappa shape index (κ1) is 14.5. The molecule has 3 heterocycles. The Labute approximate surface area is 139 Å². The fourth-order valence-electron chi connectivity index (χ4n) is 2.07. The van der Waals surface area contributed by atoms with Crippen molar-refractivity contribution in [2.75, 3.05) is 17.4 Å². The number of hydrogen-bond donors (Lipinski definition) is 2. The molecular weight excluding hydrogens is 334 g/mol. The Morgan fingerprint density at radius 1 is 1.21 bits per heavy atom. The van der Waals surface area contributed by atoms with Crippen LogP contribution in [0.5, 0.6) is 11.5 Å². The van der Waals surface area contributed by atoms with Crippen LogP contribution >= 0.6 is 11.3 Å². The summed E-state index contributed by atoms with van der Waals surface area (Å²) in [6.07, 6.45) is 0. The van der Waals surface area contributed by atoms with Gasteiger partial charge in [0.1, 0.15) is 5.69 Å². The highest BCUT2D eigenvalue weighted by Gasteiger charge is 2.16. The second-order valence-corrected chi connectivity index (χ2v) is 5.87. The van der Waals surface area contributed by atoms with Crippen molar-refractivity contribution in [1.29, 1.82) is 0 Å². The average molecular weight is 345 g/mol. The molecule has 9 nitrogen and oxygen atoms in total. The number of ether oxygens (including phenoxy) is 2. The third-order valence-corrected chi connectivity index (χ3v) is 3.89. The zero-order chi connectivity index (χ0) is 16.5. The summed E-state index contributed by atoms with van der Waals surface area (Å²) in [7, 11) is 0. The molecule has 0 aliphatic carbocycles. The Morgan fingerprint density at radius 2 is 2.08 bits per heavy atom. The number of thiazole rings is 1. The summed E-state index contributed by atoms with van der Waals surface area (Å²) >= 11 is 1.47. The minimum Gasteiger partial charge on any atom is -0.454 e. The SMILES string of the molecule is Cc1nc(-c2nnc(NC(=O)Nc3ccc4c(c3)OCO4)o2)cs1. The molecule has 0 saturated carbocycles. The number of amides is 2. The maximum absolute atomic E-state index is 12.0. The van der Waals surface area contributed by atoms with Gasteiger partial charge >= 0.3 is 12.0 Å². The van der Waals surface area contributed by atoms with Gasteiger partial charge in [-0.05, 0) is 19.1 Å². The number of nitrogens with zero attached hydrogens (tertiary/aromatic N) is 3. The smallest absolute Gasteiger partial charge is 0.327 e. The van der Waals surface area contributed by atoms with Crippen molar-refractivity contribution in [3.8, 4) is 23.1 Å². The number of carbonyl (C=O) groups excluding carboxylic acids is 1. The molecule has 0 saturated heterocycles. The van der Waals surface area contributed by atoms with Crippen LogP contribution in [0.25, 0.3) is 11.6 Å². The van der Waals surface area contributed by atoms with E-state index in [1.165, 1.54) is 11.3 Å². The second kappa shape index (κ2) is 5.81. The molecule has 2 aromatic heterocycles. The molecule has 0 bridgehead atoms. The first-order valence-electron chi connectivity index (χ1n) is 6.91. The van der Waals surface area contributed by atoms with E-state index in [0.717, 1.165) is 5.01 Å². The van der Waals surface area contributed by atoms with Gasteiger partial charge in [0, 0.05) is 17.1 Å². The van der Waals surface area contributed by atoms with Crippen LogP contribution < -0.4 is 20.1 Å². The number of carbonyl (C=O) groups is 1. The standard InChI is InChI=1S/C14H11N5O4S/c1-7-15-9(5-24-7)12-18-19-14(23-12)17-13(20)16-8-2-3-10-11(4-8)22-6-21-10/h2-5H,6H2,1H3,(H2,16,17,19,20). The zero-order valence-electron chi connectivity index (χ0n) is 12.4. The minimum atomic E-state index is -0.515. The Hall–Kier alpha value is -3.14. The maximum atomic E-state index is 12.0. The van der Waals surface area contributed by atoms with Crippen LogP contribution in [-0.2, 0) is 0 Å².